The Balaban J connectivity index is 1.04. The highest BCUT2D eigenvalue weighted by atomic mass is 16.6. The molecule has 42 heavy (non-hydrogen) atoms. The van der Waals surface area contributed by atoms with E-state index in [4.69, 9.17) is 4.84 Å². The van der Waals surface area contributed by atoms with Crippen LogP contribution in [0.25, 0.3) is 11.1 Å². The molecule has 1 amide bonds. The molecule has 1 saturated heterocycles. The zero-order chi connectivity index (χ0) is 29.5. The van der Waals surface area contributed by atoms with Gasteiger partial charge in [0.1, 0.15) is 5.54 Å². The van der Waals surface area contributed by atoms with Gasteiger partial charge in [0.2, 0.25) is 5.91 Å². The standard InChI is InChI=1S/C34H38N2O6/c37-31(38)29-17-15-26(24-11-5-3-6-12-24)21-28(29)23-42-35-19-9-1-2-10-20-36-33(41)34(36)22-27(16-18-30(34)32(39)40)25-13-7-4-8-14-25/h3-8,11-15,17,21,27,30,35H,1-2,9-10,16,18-20,22-23H2,(H,37,38)(H,39,40). The van der Waals surface area contributed by atoms with Gasteiger partial charge >= 0.3 is 11.9 Å². The summed E-state index contributed by atoms with van der Waals surface area (Å²) in [6.07, 6.45) is 5.43. The predicted molar refractivity (Wildman–Crippen MR) is 159 cm³/mol. The van der Waals surface area contributed by atoms with Crippen LogP contribution in [0.5, 0.6) is 0 Å². The van der Waals surface area contributed by atoms with Crippen molar-refractivity contribution in [2.24, 2.45) is 5.92 Å². The number of hydrogen-bond donors (Lipinski definition) is 3. The number of carbonyl (C=O) groups excluding carboxylic acids is 1. The number of carbonyl (C=O) groups is 3. The molecule has 3 atom stereocenters. The van der Waals surface area contributed by atoms with Gasteiger partial charge in [-0.25, -0.2) is 10.3 Å². The van der Waals surface area contributed by atoms with Crippen molar-refractivity contribution in [3.63, 3.8) is 0 Å². The largest absolute Gasteiger partial charge is 0.481 e. The Morgan fingerprint density at radius 3 is 2.31 bits per heavy atom. The van der Waals surface area contributed by atoms with Crippen LogP contribution in [-0.2, 0) is 21.0 Å². The second-order valence-corrected chi connectivity index (χ2v) is 11.3. The lowest BCUT2D eigenvalue weighted by Crippen LogP contribution is -2.41. The molecule has 1 aliphatic heterocycles. The van der Waals surface area contributed by atoms with Crippen molar-refractivity contribution in [3.05, 3.63) is 95.6 Å². The topological polar surface area (TPSA) is 116 Å². The molecule has 3 aromatic carbocycles. The Labute approximate surface area is 246 Å². The summed E-state index contributed by atoms with van der Waals surface area (Å²) in [6, 6.07) is 25.2. The molecular weight excluding hydrogens is 532 g/mol. The summed E-state index contributed by atoms with van der Waals surface area (Å²) in [5.74, 6) is -2.30. The third-order valence-electron chi connectivity index (χ3n) is 8.74. The predicted octanol–water partition coefficient (Wildman–Crippen LogP) is 5.88. The molecule has 1 aliphatic carbocycles. The van der Waals surface area contributed by atoms with E-state index in [0.29, 0.717) is 31.5 Å². The number of nitrogens with zero attached hydrogens (tertiary/aromatic N) is 1. The van der Waals surface area contributed by atoms with Gasteiger partial charge in [-0.3, -0.25) is 14.4 Å². The van der Waals surface area contributed by atoms with Gasteiger partial charge in [-0.1, -0.05) is 79.6 Å². The number of carboxylic acids is 2. The van der Waals surface area contributed by atoms with Crippen LogP contribution < -0.4 is 5.48 Å². The number of rotatable bonds is 14. The van der Waals surface area contributed by atoms with Gasteiger partial charge in [0.25, 0.3) is 0 Å². The average Bonchev–Trinajstić information content (AvgIpc) is 3.55. The average molecular weight is 571 g/mol. The maximum atomic E-state index is 13.0. The number of nitrogens with one attached hydrogen (secondary N) is 1. The summed E-state index contributed by atoms with van der Waals surface area (Å²) >= 11 is 0. The molecule has 2 aliphatic rings. The van der Waals surface area contributed by atoms with Gasteiger partial charge in [-0.05, 0) is 72.4 Å². The Hall–Kier alpha value is -4.01. The highest BCUT2D eigenvalue weighted by Crippen LogP contribution is 2.54. The third kappa shape index (κ3) is 6.40. The molecule has 0 radical (unpaired) electrons. The molecule has 8 heteroatoms. The second kappa shape index (κ2) is 13.3. The van der Waals surface area contributed by atoms with Crippen LogP contribution in [0.15, 0.2) is 78.9 Å². The zero-order valence-corrected chi connectivity index (χ0v) is 23.7. The molecular formula is C34H38N2O6. The Bertz CT molecular complexity index is 1400. The summed E-state index contributed by atoms with van der Waals surface area (Å²) in [6.45, 7) is 1.34. The second-order valence-electron chi connectivity index (χ2n) is 11.3. The van der Waals surface area contributed by atoms with Crippen molar-refractivity contribution in [1.29, 1.82) is 0 Å². The highest BCUT2D eigenvalue weighted by molar-refractivity contribution is 6.06. The minimum Gasteiger partial charge on any atom is -0.481 e. The molecule has 5 rings (SSSR count). The lowest BCUT2D eigenvalue weighted by Gasteiger charge is -2.33. The number of amides is 1. The minimum absolute atomic E-state index is 0.0114. The van der Waals surface area contributed by atoms with Gasteiger partial charge < -0.3 is 15.1 Å². The Kier molecular flexibility index (Phi) is 9.35. The fourth-order valence-electron chi connectivity index (χ4n) is 6.48. The first-order valence-corrected chi connectivity index (χ1v) is 14.8. The maximum Gasteiger partial charge on any atom is 0.336 e. The Morgan fingerprint density at radius 2 is 1.60 bits per heavy atom. The maximum absolute atomic E-state index is 13.0. The van der Waals surface area contributed by atoms with Gasteiger partial charge in [0.15, 0.2) is 0 Å². The Morgan fingerprint density at radius 1 is 0.881 bits per heavy atom. The number of aliphatic carboxylic acids is 1. The molecule has 1 saturated carbocycles. The number of hydroxylamine groups is 1. The number of unbranched alkanes of at least 4 members (excludes halogenated alkanes) is 3. The third-order valence-corrected chi connectivity index (χ3v) is 8.74. The zero-order valence-electron chi connectivity index (χ0n) is 23.7. The number of hydrogen-bond acceptors (Lipinski definition) is 5. The fraction of sp³-hybridized carbons (Fsp3) is 0.382. The lowest BCUT2D eigenvalue weighted by molar-refractivity contribution is -0.145. The van der Waals surface area contributed by atoms with Crippen LogP contribution in [0, 0.1) is 5.92 Å². The molecule has 3 aromatic rings. The highest BCUT2D eigenvalue weighted by Gasteiger charge is 2.69. The monoisotopic (exact) mass is 570 g/mol. The van der Waals surface area contributed by atoms with Crippen LogP contribution in [-0.4, -0.2) is 51.6 Å². The van der Waals surface area contributed by atoms with Gasteiger partial charge in [-0.15, -0.1) is 0 Å². The number of carboxylic acid groups (broad SMARTS) is 2. The van der Waals surface area contributed by atoms with Gasteiger partial charge in [-0.2, -0.15) is 0 Å². The minimum atomic E-state index is -0.988. The molecule has 3 unspecified atom stereocenters. The SMILES string of the molecule is O=C(O)c1ccc(-c2ccccc2)cc1CONCCCCCCN1C(=O)C12CC(c1ccccc1)CCC2C(=O)O. The summed E-state index contributed by atoms with van der Waals surface area (Å²) < 4.78 is 0. The van der Waals surface area contributed by atoms with Crippen molar-refractivity contribution < 1.29 is 29.4 Å². The molecule has 0 bridgehead atoms. The quantitative estimate of drug-likeness (QED) is 0.126. The van der Waals surface area contributed by atoms with Crippen molar-refractivity contribution >= 4 is 17.8 Å². The summed E-state index contributed by atoms with van der Waals surface area (Å²) in [5, 5.41) is 19.4. The van der Waals surface area contributed by atoms with Gasteiger partial charge in [0.05, 0.1) is 18.1 Å². The summed E-state index contributed by atoms with van der Waals surface area (Å²) in [4.78, 5) is 44.1. The van der Waals surface area contributed by atoms with Crippen LogP contribution in [0.1, 0.15) is 72.3 Å². The molecule has 8 nitrogen and oxygen atoms in total. The molecule has 220 valence electrons. The number of aromatic carboxylic acids is 1. The fourth-order valence-corrected chi connectivity index (χ4v) is 6.48. The van der Waals surface area contributed by atoms with Crippen LogP contribution >= 0.6 is 0 Å². The summed E-state index contributed by atoms with van der Waals surface area (Å²) in [5.41, 5.74) is 6.03. The molecule has 2 fully saturated rings. The van der Waals surface area contributed by atoms with E-state index in [1.807, 2.05) is 59.5 Å². The van der Waals surface area contributed by atoms with E-state index in [2.05, 4.69) is 17.6 Å². The molecule has 3 N–H and O–H groups in total. The van der Waals surface area contributed by atoms with Crippen molar-refractivity contribution in [2.45, 2.75) is 63.0 Å². The van der Waals surface area contributed by atoms with E-state index in [-0.39, 0.29) is 24.0 Å². The van der Waals surface area contributed by atoms with Crippen LogP contribution in [0.3, 0.4) is 0 Å². The first-order valence-electron chi connectivity index (χ1n) is 14.8. The lowest BCUT2D eigenvalue weighted by atomic mass is 9.71. The van der Waals surface area contributed by atoms with E-state index in [1.165, 1.54) is 5.56 Å². The first-order chi connectivity index (χ1) is 20.4. The smallest absolute Gasteiger partial charge is 0.336 e. The van der Waals surface area contributed by atoms with Crippen LogP contribution in [0.4, 0.5) is 0 Å². The van der Waals surface area contributed by atoms with E-state index in [1.54, 1.807) is 12.1 Å². The van der Waals surface area contributed by atoms with E-state index < -0.39 is 23.4 Å². The van der Waals surface area contributed by atoms with E-state index in [0.717, 1.165) is 43.2 Å². The number of benzene rings is 3. The van der Waals surface area contributed by atoms with Crippen molar-refractivity contribution in [1.82, 2.24) is 10.4 Å². The van der Waals surface area contributed by atoms with E-state index >= 15 is 0 Å². The van der Waals surface area contributed by atoms with Crippen molar-refractivity contribution in [3.8, 4) is 11.1 Å². The molecule has 1 spiro atoms. The normalized spacial score (nSPS) is 21.4. The summed E-state index contributed by atoms with van der Waals surface area (Å²) in [7, 11) is 0. The van der Waals surface area contributed by atoms with Crippen molar-refractivity contribution in [2.75, 3.05) is 13.1 Å². The molecule has 1 heterocycles. The first kappa shape index (κ1) is 29.5. The van der Waals surface area contributed by atoms with E-state index in [9.17, 15) is 24.6 Å². The van der Waals surface area contributed by atoms with Crippen LogP contribution in [0.2, 0.25) is 0 Å². The van der Waals surface area contributed by atoms with Gasteiger partial charge in [0, 0.05) is 13.1 Å². The molecule has 0 aromatic heterocycles.